The van der Waals surface area contributed by atoms with E-state index in [1.165, 1.54) is 0 Å². The number of halogens is 1. The third-order valence-corrected chi connectivity index (χ3v) is 4.55. The standard InChI is InChI=1S/C17H24ClN3O2/c1-4-19(5-2)16(22)17(23)21-10-8-20(9-11-21)15-12-14(18)7-6-13(15)3/h6-7,12H,4-5,8-11H2,1-3H3. The van der Waals surface area contributed by atoms with Gasteiger partial charge in [-0.3, -0.25) is 9.59 Å². The molecular formula is C17H24ClN3O2. The number of anilines is 1. The fourth-order valence-corrected chi connectivity index (χ4v) is 3.02. The minimum atomic E-state index is -0.401. The maximum absolute atomic E-state index is 12.3. The Morgan fingerprint density at radius 1 is 1.13 bits per heavy atom. The summed E-state index contributed by atoms with van der Waals surface area (Å²) in [6, 6.07) is 5.83. The van der Waals surface area contributed by atoms with Crippen LogP contribution in [0, 0.1) is 6.92 Å². The molecule has 0 spiro atoms. The van der Waals surface area contributed by atoms with Crippen molar-refractivity contribution in [1.82, 2.24) is 9.80 Å². The number of piperazine rings is 1. The Balaban J connectivity index is 1.99. The third kappa shape index (κ3) is 3.96. The first-order valence-electron chi connectivity index (χ1n) is 8.07. The summed E-state index contributed by atoms with van der Waals surface area (Å²) in [5.74, 6) is -0.793. The van der Waals surface area contributed by atoms with Crippen molar-refractivity contribution < 1.29 is 9.59 Å². The van der Waals surface area contributed by atoms with Gasteiger partial charge in [0, 0.05) is 50.0 Å². The van der Waals surface area contributed by atoms with Crippen LogP contribution in [0.1, 0.15) is 19.4 Å². The van der Waals surface area contributed by atoms with Gasteiger partial charge in [-0.05, 0) is 38.5 Å². The molecule has 1 fully saturated rings. The number of benzene rings is 1. The molecular weight excluding hydrogens is 314 g/mol. The summed E-state index contributed by atoms with van der Waals surface area (Å²) in [5.41, 5.74) is 2.26. The number of likely N-dealkylation sites (N-methyl/N-ethyl adjacent to an activating group) is 1. The van der Waals surface area contributed by atoms with E-state index in [4.69, 9.17) is 11.6 Å². The van der Waals surface area contributed by atoms with Crippen molar-refractivity contribution in [1.29, 1.82) is 0 Å². The number of hydrogen-bond donors (Lipinski definition) is 0. The summed E-state index contributed by atoms with van der Waals surface area (Å²) < 4.78 is 0. The highest BCUT2D eigenvalue weighted by Gasteiger charge is 2.28. The number of carbonyl (C=O) groups is 2. The Morgan fingerprint density at radius 2 is 1.74 bits per heavy atom. The summed E-state index contributed by atoms with van der Waals surface area (Å²) in [6.07, 6.45) is 0. The molecule has 1 aromatic rings. The molecule has 0 bridgehead atoms. The smallest absolute Gasteiger partial charge is 0.312 e. The fraction of sp³-hybridized carbons (Fsp3) is 0.529. The second-order valence-corrected chi connectivity index (χ2v) is 6.12. The second-order valence-electron chi connectivity index (χ2n) is 5.69. The molecule has 2 rings (SSSR count). The summed E-state index contributed by atoms with van der Waals surface area (Å²) in [5, 5.41) is 0.709. The first-order valence-corrected chi connectivity index (χ1v) is 8.45. The van der Waals surface area contributed by atoms with E-state index < -0.39 is 11.8 Å². The number of rotatable bonds is 3. The molecule has 5 nitrogen and oxygen atoms in total. The highest BCUT2D eigenvalue weighted by molar-refractivity contribution is 6.35. The molecule has 1 aromatic carbocycles. The SMILES string of the molecule is CCN(CC)C(=O)C(=O)N1CCN(c2cc(Cl)ccc2C)CC1. The largest absolute Gasteiger partial charge is 0.368 e. The molecule has 1 aliphatic rings. The van der Waals surface area contributed by atoms with Crippen LogP contribution in [0.4, 0.5) is 5.69 Å². The minimum absolute atomic E-state index is 0.392. The van der Waals surface area contributed by atoms with Crippen LogP contribution in [0.2, 0.25) is 5.02 Å². The van der Waals surface area contributed by atoms with Crippen LogP contribution in [0.25, 0.3) is 0 Å². The van der Waals surface area contributed by atoms with Crippen molar-refractivity contribution in [2.75, 3.05) is 44.2 Å². The Morgan fingerprint density at radius 3 is 2.30 bits per heavy atom. The second kappa shape index (κ2) is 7.68. The summed E-state index contributed by atoms with van der Waals surface area (Å²) in [4.78, 5) is 29.9. The van der Waals surface area contributed by atoms with Crippen LogP contribution in [0.3, 0.4) is 0 Å². The third-order valence-electron chi connectivity index (χ3n) is 4.31. The predicted octanol–water partition coefficient (Wildman–Crippen LogP) is 2.17. The first-order chi connectivity index (χ1) is 11.0. The highest BCUT2D eigenvalue weighted by atomic mass is 35.5. The van der Waals surface area contributed by atoms with Crippen LogP contribution >= 0.6 is 11.6 Å². The van der Waals surface area contributed by atoms with Gasteiger partial charge in [0.15, 0.2) is 0 Å². The van der Waals surface area contributed by atoms with Crippen LogP contribution in [-0.4, -0.2) is 60.9 Å². The van der Waals surface area contributed by atoms with Gasteiger partial charge in [-0.25, -0.2) is 0 Å². The Hall–Kier alpha value is -1.75. The molecule has 0 N–H and O–H groups in total. The predicted molar refractivity (Wildman–Crippen MR) is 92.9 cm³/mol. The molecule has 0 atom stereocenters. The molecule has 0 unspecified atom stereocenters. The lowest BCUT2D eigenvalue weighted by molar-refractivity contribution is -0.151. The molecule has 126 valence electrons. The van der Waals surface area contributed by atoms with Gasteiger partial charge in [0.1, 0.15) is 0 Å². The van der Waals surface area contributed by atoms with E-state index >= 15 is 0 Å². The topological polar surface area (TPSA) is 43.9 Å². The van der Waals surface area contributed by atoms with E-state index in [9.17, 15) is 9.59 Å². The number of nitrogens with zero attached hydrogens (tertiary/aromatic N) is 3. The van der Waals surface area contributed by atoms with Crippen LogP contribution < -0.4 is 4.90 Å². The number of aryl methyl sites for hydroxylation is 1. The van der Waals surface area contributed by atoms with Gasteiger partial charge in [-0.1, -0.05) is 17.7 Å². The zero-order valence-corrected chi connectivity index (χ0v) is 14.8. The van der Waals surface area contributed by atoms with E-state index in [0.29, 0.717) is 44.3 Å². The summed E-state index contributed by atoms with van der Waals surface area (Å²) in [7, 11) is 0. The number of hydrogen-bond acceptors (Lipinski definition) is 3. The van der Waals surface area contributed by atoms with Crippen LogP contribution in [0.15, 0.2) is 18.2 Å². The highest BCUT2D eigenvalue weighted by Crippen LogP contribution is 2.25. The monoisotopic (exact) mass is 337 g/mol. The van der Waals surface area contributed by atoms with Gasteiger partial charge in [0.2, 0.25) is 0 Å². The molecule has 0 radical (unpaired) electrons. The Bertz CT molecular complexity index is 579. The van der Waals surface area contributed by atoms with Gasteiger partial charge in [0.25, 0.3) is 0 Å². The van der Waals surface area contributed by atoms with Crippen molar-refractivity contribution >= 4 is 29.1 Å². The number of amides is 2. The van der Waals surface area contributed by atoms with E-state index in [1.54, 1.807) is 9.80 Å². The maximum Gasteiger partial charge on any atom is 0.312 e. The minimum Gasteiger partial charge on any atom is -0.368 e. The van der Waals surface area contributed by atoms with Crippen molar-refractivity contribution in [3.8, 4) is 0 Å². The maximum atomic E-state index is 12.3. The van der Waals surface area contributed by atoms with E-state index in [0.717, 1.165) is 11.3 Å². The average molecular weight is 338 g/mol. The summed E-state index contributed by atoms with van der Waals surface area (Å²) >= 11 is 6.08. The van der Waals surface area contributed by atoms with Crippen LogP contribution in [0.5, 0.6) is 0 Å². The van der Waals surface area contributed by atoms with E-state index in [-0.39, 0.29) is 0 Å². The molecule has 0 aliphatic carbocycles. The molecule has 1 heterocycles. The normalized spacial score (nSPS) is 14.8. The zero-order valence-electron chi connectivity index (χ0n) is 14.0. The van der Waals surface area contributed by atoms with Crippen molar-refractivity contribution in [2.45, 2.75) is 20.8 Å². The molecule has 23 heavy (non-hydrogen) atoms. The lowest BCUT2D eigenvalue weighted by atomic mass is 10.1. The van der Waals surface area contributed by atoms with E-state index in [2.05, 4.69) is 4.90 Å². The molecule has 0 aromatic heterocycles. The Kier molecular flexibility index (Phi) is 5.88. The van der Waals surface area contributed by atoms with Crippen molar-refractivity contribution in [2.24, 2.45) is 0 Å². The zero-order chi connectivity index (χ0) is 17.0. The molecule has 0 saturated carbocycles. The lowest BCUT2D eigenvalue weighted by Gasteiger charge is -2.37. The van der Waals surface area contributed by atoms with Crippen LogP contribution in [-0.2, 0) is 9.59 Å². The summed E-state index contributed by atoms with van der Waals surface area (Å²) in [6.45, 7) is 9.45. The quantitative estimate of drug-likeness (QED) is 0.794. The van der Waals surface area contributed by atoms with Gasteiger partial charge >= 0.3 is 11.8 Å². The lowest BCUT2D eigenvalue weighted by Crippen LogP contribution is -2.53. The van der Waals surface area contributed by atoms with E-state index in [1.807, 2.05) is 39.0 Å². The molecule has 2 amide bonds. The molecule has 1 saturated heterocycles. The molecule has 1 aliphatic heterocycles. The number of carbonyl (C=O) groups excluding carboxylic acids is 2. The van der Waals surface area contributed by atoms with Gasteiger partial charge in [-0.15, -0.1) is 0 Å². The first kappa shape index (κ1) is 17.6. The van der Waals surface area contributed by atoms with Gasteiger partial charge in [-0.2, -0.15) is 0 Å². The van der Waals surface area contributed by atoms with Gasteiger partial charge < -0.3 is 14.7 Å². The average Bonchev–Trinajstić information content (AvgIpc) is 2.57. The van der Waals surface area contributed by atoms with Crippen molar-refractivity contribution in [3.63, 3.8) is 0 Å². The fourth-order valence-electron chi connectivity index (χ4n) is 2.86. The Labute approximate surface area is 142 Å². The molecule has 6 heteroatoms. The van der Waals surface area contributed by atoms with Gasteiger partial charge in [0.05, 0.1) is 0 Å². The van der Waals surface area contributed by atoms with Crippen molar-refractivity contribution in [3.05, 3.63) is 28.8 Å².